The molecular weight excluding hydrogens is 437 g/mol. The molecule has 0 spiro atoms. The molecule has 0 bridgehead atoms. The summed E-state index contributed by atoms with van der Waals surface area (Å²) in [5.41, 5.74) is 5.25. The van der Waals surface area contributed by atoms with Gasteiger partial charge < -0.3 is 20.1 Å². The van der Waals surface area contributed by atoms with Gasteiger partial charge in [0.15, 0.2) is 6.10 Å². The number of carbonyl (C=O) groups excluding carboxylic acids is 2. The van der Waals surface area contributed by atoms with Crippen LogP contribution >= 0.6 is 7.82 Å². The highest BCUT2D eigenvalue weighted by Crippen LogP contribution is 2.43. The molecule has 0 heterocycles. The number of phosphoric acid groups is 1. The Bertz CT molecular complexity index is 532. The van der Waals surface area contributed by atoms with E-state index in [1.165, 1.54) is 12.8 Å². The third-order valence-corrected chi connectivity index (χ3v) is 5.73. The Balaban J connectivity index is 4.46. The average Bonchev–Trinajstić information content (AvgIpc) is 2.76. The molecule has 0 fully saturated rings. The summed E-state index contributed by atoms with van der Waals surface area (Å²) < 4.78 is 31.9. The van der Waals surface area contributed by atoms with Crippen LogP contribution in [-0.2, 0) is 32.7 Å². The SMILES string of the molecule is CCCCCCCCC(=O)OC[C@@H](COP(=O)(O)OCCN)OC(=O)CCCCCCC. The molecule has 0 saturated carbocycles. The highest BCUT2D eigenvalue weighted by atomic mass is 31.2. The van der Waals surface area contributed by atoms with Crippen LogP contribution in [0.5, 0.6) is 0 Å². The number of rotatable bonds is 22. The van der Waals surface area contributed by atoms with E-state index in [1.807, 2.05) is 0 Å². The molecule has 10 heteroatoms. The van der Waals surface area contributed by atoms with Crippen molar-refractivity contribution in [3.8, 4) is 0 Å². The molecule has 3 N–H and O–H groups in total. The van der Waals surface area contributed by atoms with Crippen molar-refractivity contribution in [2.24, 2.45) is 5.73 Å². The molecule has 0 saturated heterocycles. The molecule has 0 aromatic carbocycles. The van der Waals surface area contributed by atoms with Gasteiger partial charge in [0.2, 0.25) is 0 Å². The van der Waals surface area contributed by atoms with Crippen LogP contribution in [-0.4, -0.2) is 49.3 Å². The van der Waals surface area contributed by atoms with E-state index in [-0.39, 0.29) is 32.6 Å². The summed E-state index contributed by atoms with van der Waals surface area (Å²) >= 11 is 0. The number of ether oxygens (including phenoxy) is 2. The Morgan fingerprint density at radius 2 is 1.34 bits per heavy atom. The van der Waals surface area contributed by atoms with Gasteiger partial charge in [-0.2, -0.15) is 0 Å². The van der Waals surface area contributed by atoms with Gasteiger partial charge in [0.05, 0.1) is 13.2 Å². The largest absolute Gasteiger partial charge is 0.472 e. The number of phosphoric ester groups is 1. The molecule has 0 aromatic heterocycles. The molecule has 32 heavy (non-hydrogen) atoms. The lowest BCUT2D eigenvalue weighted by Crippen LogP contribution is -2.29. The molecule has 0 amide bonds. The Morgan fingerprint density at radius 3 is 1.91 bits per heavy atom. The number of hydrogen-bond acceptors (Lipinski definition) is 8. The zero-order chi connectivity index (χ0) is 24.1. The molecular formula is C22H44NO8P. The fourth-order valence-corrected chi connectivity index (χ4v) is 3.69. The van der Waals surface area contributed by atoms with Crippen LogP contribution in [0.25, 0.3) is 0 Å². The predicted octanol–water partition coefficient (Wildman–Crippen LogP) is 4.64. The van der Waals surface area contributed by atoms with Crippen LogP contribution in [0.3, 0.4) is 0 Å². The Hall–Kier alpha value is -0.990. The molecule has 0 rings (SSSR count). The minimum atomic E-state index is -4.33. The van der Waals surface area contributed by atoms with Gasteiger partial charge in [0.1, 0.15) is 6.61 Å². The van der Waals surface area contributed by atoms with Crippen molar-refractivity contribution in [1.82, 2.24) is 0 Å². The van der Waals surface area contributed by atoms with Crippen LogP contribution in [0.15, 0.2) is 0 Å². The first-order valence-corrected chi connectivity index (χ1v) is 13.5. The lowest BCUT2D eigenvalue weighted by molar-refractivity contribution is -0.161. The van der Waals surface area contributed by atoms with Crippen molar-refractivity contribution >= 4 is 19.8 Å². The fraction of sp³-hybridized carbons (Fsp3) is 0.909. The Morgan fingerprint density at radius 1 is 0.812 bits per heavy atom. The maximum Gasteiger partial charge on any atom is 0.472 e. The zero-order valence-corrected chi connectivity index (χ0v) is 20.8. The molecule has 0 aliphatic heterocycles. The summed E-state index contributed by atoms with van der Waals surface area (Å²) in [7, 11) is -4.33. The molecule has 1 unspecified atom stereocenters. The zero-order valence-electron chi connectivity index (χ0n) is 19.9. The van der Waals surface area contributed by atoms with Crippen LogP contribution in [0.1, 0.15) is 97.3 Å². The number of nitrogens with two attached hydrogens (primary N) is 1. The standard InChI is InChI=1S/C22H44NO8P/c1-3-5-7-9-11-12-14-21(24)28-18-20(19-30-32(26,27)29-17-16-23)31-22(25)15-13-10-8-6-4-2/h20H,3-19,23H2,1-2H3,(H,26,27)/t20-/m0/s1. The number of carbonyl (C=O) groups is 2. The lowest BCUT2D eigenvalue weighted by atomic mass is 10.1. The van der Waals surface area contributed by atoms with E-state index in [2.05, 4.69) is 18.4 Å². The predicted molar refractivity (Wildman–Crippen MR) is 123 cm³/mol. The van der Waals surface area contributed by atoms with Crippen molar-refractivity contribution in [2.75, 3.05) is 26.4 Å². The first-order chi connectivity index (χ1) is 15.3. The van der Waals surface area contributed by atoms with Crippen molar-refractivity contribution in [1.29, 1.82) is 0 Å². The quantitative estimate of drug-likeness (QED) is 0.129. The number of esters is 2. The first-order valence-electron chi connectivity index (χ1n) is 12.0. The van der Waals surface area contributed by atoms with Crippen LogP contribution in [0.4, 0.5) is 0 Å². The van der Waals surface area contributed by atoms with E-state index < -0.39 is 32.5 Å². The van der Waals surface area contributed by atoms with Crippen LogP contribution in [0, 0.1) is 0 Å². The van der Waals surface area contributed by atoms with Gasteiger partial charge in [0.25, 0.3) is 0 Å². The molecule has 9 nitrogen and oxygen atoms in total. The minimum Gasteiger partial charge on any atom is -0.462 e. The van der Waals surface area contributed by atoms with E-state index in [9.17, 15) is 19.0 Å². The van der Waals surface area contributed by atoms with Crippen LogP contribution < -0.4 is 5.73 Å². The van der Waals surface area contributed by atoms with E-state index in [0.29, 0.717) is 6.42 Å². The molecule has 0 radical (unpaired) electrons. The van der Waals surface area contributed by atoms with E-state index >= 15 is 0 Å². The molecule has 190 valence electrons. The van der Waals surface area contributed by atoms with Gasteiger partial charge in [-0.1, -0.05) is 71.6 Å². The highest BCUT2D eigenvalue weighted by molar-refractivity contribution is 7.47. The van der Waals surface area contributed by atoms with Crippen molar-refractivity contribution in [3.63, 3.8) is 0 Å². The monoisotopic (exact) mass is 481 g/mol. The summed E-state index contributed by atoms with van der Waals surface area (Å²) in [6.45, 7) is 3.50. The highest BCUT2D eigenvalue weighted by Gasteiger charge is 2.25. The van der Waals surface area contributed by atoms with E-state index in [4.69, 9.17) is 19.7 Å². The van der Waals surface area contributed by atoms with Gasteiger partial charge in [-0.3, -0.25) is 18.6 Å². The minimum absolute atomic E-state index is 0.0560. The second-order valence-corrected chi connectivity index (χ2v) is 9.32. The van der Waals surface area contributed by atoms with Gasteiger partial charge in [-0.05, 0) is 12.8 Å². The fourth-order valence-electron chi connectivity index (χ4n) is 2.92. The second kappa shape index (κ2) is 20.6. The normalized spacial score (nSPS) is 14.0. The van der Waals surface area contributed by atoms with Crippen molar-refractivity contribution in [2.45, 2.75) is 103 Å². The topological polar surface area (TPSA) is 134 Å². The Labute approximate surface area is 193 Å². The summed E-state index contributed by atoms with van der Waals surface area (Å²) in [4.78, 5) is 33.8. The van der Waals surface area contributed by atoms with Gasteiger partial charge in [0, 0.05) is 19.4 Å². The number of hydrogen-bond donors (Lipinski definition) is 2. The number of unbranched alkanes of at least 4 members (excludes halogenated alkanes) is 9. The Kier molecular flexibility index (Phi) is 20.0. The molecule has 0 aliphatic carbocycles. The van der Waals surface area contributed by atoms with Crippen LogP contribution in [0.2, 0.25) is 0 Å². The lowest BCUT2D eigenvalue weighted by Gasteiger charge is -2.19. The smallest absolute Gasteiger partial charge is 0.462 e. The summed E-state index contributed by atoms with van der Waals surface area (Å²) in [6.07, 6.45) is 10.7. The third-order valence-electron chi connectivity index (χ3n) is 4.74. The third kappa shape index (κ3) is 19.7. The van der Waals surface area contributed by atoms with Gasteiger partial charge >= 0.3 is 19.8 Å². The van der Waals surface area contributed by atoms with Gasteiger partial charge in [-0.25, -0.2) is 4.57 Å². The molecule has 0 aromatic rings. The summed E-state index contributed by atoms with van der Waals surface area (Å²) in [5.74, 6) is -0.856. The first kappa shape index (κ1) is 31.0. The second-order valence-electron chi connectivity index (χ2n) is 7.86. The summed E-state index contributed by atoms with van der Waals surface area (Å²) in [6, 6.07) is 0. The van der Waals surface area contributed by atoms with E-state index in [1.54, 1.807) is 0 Å². The maximum atomic E-state index is 12.1. The average molecular weight is 482 g/mol. The van der Waals surface area contributed by atoms with Crippen molar-refractivity contribution in [3.05, 3.63) is 0 Å². The van der Waals surface area contributed by atoms with Gasteiger partial charge in [-0.15, -0.1) is 0 Å². The maximum absolute atomic E-state index is 12.1. The molecule has 0 aliphatic rings. The summed E-state index contributed by atoms with van der Waals surface area (Å²) in [5, 5.41) is 0. The molecule has 2 atom stereocenters. The van der Waals surface area contributed by atoms with E-state index in [0.717, 1.165) is 51.4 Å². The van der Waals surface area contributed by atoms with Crippen molar-refractivity contribution < 1.29 is 37.6 Å².